The molecule has 0 fully saturated rings. The Morgan fingerprint density at radius 2 is 2.26 bits per heavy atom. The zero-order valence-corrected chi connectivity index (χ0v) is 12.0. The predicted octanol–water partition coefficient (Wildman–Crippen LogP) is 1.92. The van der Waals surface area contributed by atoms with Crippen LogP contribution in [0.1, 0.15) is 54.1 Å². The fraction of sp³-hybridized carbons (Fsp3) is 0.500. The largest absolute Gasteiger partial charge is 0.349 e. The number of carbonyl (C=O) groups is 1. The van der Waals surface area contributed by atoms with E-state index in [1.165, 1.54) is 0 Å². The summed E-state index contributed by atoms with van der Waals surface area (Å²) in [5.41, 5.74) is 0. The SMILES string of the molecule is CC(C)c1nc(C(=O)NCC(C)c2nccs2)n[nH]1. The zero-order chi connectivity index (χ0) is 13.8. The minimum Gasteiger partial charge on any atom is -0.349 e. The van der Waals surface area contributed by atoms with E-state index < -0.39 is 0 Å². The summed E-state index contributed by atoms with van der Waals surface area (Å²) in [7, 11) is 0. The van der Waals surface area contributed by atoms with Crippen LogP contribution in [0.4, 0.5) is 0 Å². The molecule has 0 aliphatic heterocycles. The van der Waals surface area contributed by atoms with Crippen LogP contribution in [-0.2, 0) is 0 Å². The Morgan fingerprint density at radius 1 is 1.47 bits per heavy atom. The molecule has 102 valence electrons. The first kappa shape index (κ1) is 13.7. The van der Waals surface area contributed by atoms with E-state index in [0.717, 1.165) is 10.8 Å². The van der Waals surface area contributed by atoms with Crippen LogP contribution in [0.25, 0.3) is 0 Å². The van der Waals surface area contributed by atoms with Gasteiger partial charge in [-0.05, 0) is 0 Å². The fourth-order valence-corrected chi connectivity index (χ4v) is 2.22. The van der Waals surface area contributed by atoms with Crippen molar-refractivity contribution in [3.8, 4) is 0 Å². The highest BCUT2D eigenvalue weighted by Gasteiger charge is 2.15. The van der Waals surface area contributed by atoms with Gasteiger partial charge in [-0.15, -0.1) is 16.4 Å². The van der Waals surface area contributed by atoms with Crippen LogP contribution >= 0.6 is 11.3 Å². The first-order valence-electron chi connectivity index (χ1n) is 6.17. The number of aromatic amines is 1. The average Bonchev–Trinajstić information content (AvgIpc) is 3.05. The third kappa shape index (κ3) is 3.37. The van der Waals surface area contributed by atoms with E-state index in [4.69, 9.17) is 0 Å². The van der Waals surface area contributed by atoms with Crippen molar-refractivity contribution in [3.63, 3.8) is 0 Å². The van der Waals surface area contributed by atoms with Gasteiger partial charge < -0.3 is 5.32 Å². The summed E-state index contributed by atoms with van der Waals surface area (Å²) < 4.78 is 0. The first-order chi connectivity index (χ1) is 9.08. The number of carbonyl (C=O) groups excluding carboxylic acids is 1. The van der Waals surface area contributed by atoms with Crippen molar-refractivity contribution in [2.24, 2.45) is 0 Å². The molecule has 0 radical (unpaired) electrons. The number of nitrogens with zero attached hydrogens (tertiary/aromatic N) is 3. The van der Waals surface area contributed by atoms with Crippen molar-refractivity contribution in [2.45, 2.75) is 32.6 Å². The number of hydrogen-bond acceptors (Lipinski definition) is 5. The van der Waals surface area contributed by atoms with Gasteiger partial charge in [0.2, 0.25) is 5.82 Å². The molecule has 2 aromatic rings. The molecule has 2 rings (SSSR count). The zero-order valence-electron chi connectivity index (χ0n) is 11.2. The van der Waals surface area contributed by atoms with Gasteiger partial charge in [-0.25, -0.2) is 9.97 Å². The van der Waals surface area contributed by atoms with E-state index in [9.17, 15) is 4.79 Å². The minimum atomic E-state index is -0.258. The Kier molecular flexibility index (Phi) is 4.26. The third-order valence-corrected chi connectivity index (χ3v) is 3.70. The molecule has 0 bridgehead atoms. The highest BCUT2D eigenvalue weighted by molar-refractivity contribution is 7.09. The van der Waals surface area contributed by atoms with Crippen LogP contribution in [-0.4, -0.2) is 32.6 Å². The molecule has 2 aromatic heterocycles. The number of hydrogen-bond donors (Lipinski definition) is 2. The van der Waals surface area contributed by atoms with Crippen molar-refractivity contribution < 1.29 is 4.79 Å². The van der Waals surface area contributed by atoms with E-state index in [1.54, 1.807) is 17.5 Å². The van der Waals surface area contributed by atoms with Gasteiger partial charge in [0.15, 0.2) is 0 Å². The van der Waals surface area contributed by atoms with Gasteiger partial charge in [0.25, 0.3) is 5.91 Å². The number of thiazole rings is 1. The molecule has 2 N–H and O–H groups in total. The molecule has 0 saturated carbocycles. The van der Waals surface area contributed by atoms with Crippen molar-refractivity contribution in [2.75, 3.05) is 6.54 Å². The Balaban J connectivity index is 1.90. The lowest BCUT2D eigenvalue weighted by Crippen LogP contribution is -2.28. The van der Waals surface area contributed by atoms with Gasteiger partial charge in [0.1, 0.15) is 5.82 Å². The fourth-order valence-electron chi connectivity index (χ4n) is 1.52. The summed E-state index contributed by atoms with van der Waals surface area (Å²) in [6.45, 7) is 6.54. The van der Waals surface area contributed by atoms with Crippen LogP contribution in [0, 0.1) is 0 Å². The van der Waals surface area contributed by atoms with Crippen LogP contribution in [0.3, 0.4) is 0 Å². The van der Waals surface area contributed by atoms with Crippen LogP contribution in [0.2, 0.25) is 0 Å². The van der Waals surface area contributed by atoms with E-state index in [0.29, 0.717) is 6.54 Å². The summed E-state index contributed by atoms with van der Waals surface area (Å²) >= 11 is 1.59. The Bertz CT molecular complexity index is 534. The number of H-pyrrole nitrogens is 1. The second-order valence-electron chi connectivity index (χ2n) is 4.68. The molecule has 0 spiro atoms. The average molecular weight is 279 g/mol. The van der Waals surface area contributed by atoms with Crippen molar-refractivity contribution >= 4 is 17.2 Å². The molecule has 0 aromatic carbocycles. The highest BCUT2D eigenvalue weighted by atomic mass is 32.1. The maximum absolute atomic E-state index is 11.9. The maximum atomic E-state index is 11.9. The van der Waals surface area contributed by atoms with Gasteiger partial charge in [0.05, 0.1) is 5.01 Å². The second kappa shape index (κ2) is 5.92. The first-order valence-corrected chi connectivity index (χ1v) is 7.05. The molecule has 1 atom stereocenters. The minimum absolute atomic E-state index is 0.187. The summed E-state index contributed by atoms with van der Waals surface area (Å²) in [6, 6.07) is 0. The van der Waals surface area contributed by atoms with Crippen molar-refractivity contribution in [1.29, 1.82) is 0 Å². The highest BCUT2D eigenvalue weighted by Crippen LogP contribution is 2.16. The number of aromatic nitrogens is 4. The molecule has 0 saturated heterocycles. The molecule has 0 aliphatic rings. The topological polar surface area (TPSA) is 83.6 Å². The third-order valence-electron chi connectivity index (χ3n) is 2.69. The van der Waals surface area contributed by atoms with E-state index >= 15 is 0 Å². The normalized spacial score (nSPS) is 12.6. The molecular weight excluding hydrogens is 262 g/mol. The Labute approximate surface area is 115 Å². The molecule has 6 nitrogen and oxygen atoms in total. The number of nitrogens with one attached hydrogen (secondary N) is 2. The summed E-state index contributed by atoms with van der Waals surface area (Å²) in [5.74, 6) is 1.07. The van der Waals surface area contributed by atoms with Gasteiger partial charge in [-0.1, -0.05) is 20.8 Å². The maximum Gasteiger partial charge on any atom is 0.290 e. The van der Waals surface area contributed by atoms with E-state index in [-0.39, 0.29) is 23.6 Å². The standard InChI is InChI=1S/C12H17N5OS/c1-7(2)9-15-10(17-16-9)11(18)14-6-8(3)12-13-4-5-19-12/h4-5,7-8H,6H2,1-3H3,(H,14,18)(H,15,16,17). The smallest absolute Gasteiger partial charge is 0.290 e. The lowest BCUT2D eigenvalue weighted by Gasteiger charge is -2.08. The Hall–Kier alpha value is -1.76. The molecular formula is C12H17N5OS. The second-order valence-corrected chi connectivity index (χ2v) is 5.61. The summed E-state index contributed by atoms with van der Waals surface area (Å²) in [5, 5.41) is 12.4. The summed E-state index contributed by atoms with van der Waals surface area (Å²) in [6.07, 6.45) is 1.77. The molecule has 1 unspecified atom stereocenters. The van der Waals surface area contributed by atoms with Gasteiger partial charge in [0, 0.05) is 30.0 Å². The monoisotopic (exact) mass is 279 g/mol. The number of amides is 1. The quantitative estimate of drug-likeness (QED) is 0.875. The molecule has 0 aliphatic carbocycles. The summed E-state index contributed by atoms with van der Waals surface area (Å²) in [4.78, 5) is 20.3. The van der Waals surface area contributed by atoms with Crippen molar-refractivity contribution in [1.82, 2.24) is 25.5 Å². The van der Waals surface area contributed by atoms with E-state index in [2.05, 4.69) is 25.5 Å². The molecule has 2 heterocycles. The lowest BCUT2D eigenvalue weighted by molar-refractivity contribution is 0.0941. The Morgan fingerprint density at radius 3 is 2.84 bits per heavy atom. The van der Waals surface area contributed by atoms with Crippen LogP contribution in [0.15, 0.2) is 11.6 Å². The molecule has 7 heteroatoms. The lowest BCUT2D eigenvalue weighted by atomic mass is 10.2. The predicted molar refractivity (Wildman–Crippen MR) is 73.3 cm³/mol. The van der Waals surface area contributed by atoms with E-state index in [1.807, 2.05) is 26.2 Å². The van der Waals surface area contributed by atoms with Gasteiger partial charge >= 0.3 is 0 Å². The van der Waals surface area contributed by atoms with Gasteiger partial charge in [-0.2, -0.15) is 0 Å². The van der Waals surface area contributed by atoms with Crippen LogP contribution < -0.4 is 5.32 Å². The van der Waals surface area contributed by atoms with Crippen LogP contribution in [0.5, 0.6) is 0 Å². The number of rotatable bonds is 5. The van der Waals surface area contributed by atoms with Gasteiger partial charge in [-0.3, -0.25) is 9.89 Å². The van der Waals surface area contributed by atoms with Crippen molar-refractivity contribution in [3.05, 3.63) is 28.2 Å². The molecule has 1 amide bonds. The molecule has 19 heavy (non-hydrogen) atoms.